The number of carbonyl (C=O) groups is 1. The summed E-state index contributed by atoms with van der Waals surface area (Å²) < 4.78 is 4.85. The molecule has 0 aromatic heterocycles. The molecule has 2 N–H and O–H groups in total. The lowest BCUT2D eigenvalue weighted by molar-refractivity contribution is -0.698. The average Bonchev–Trinajstić information content (AvgIpc) is 2.18. The van der Waals surface area contributed by atoms with Gasteiger partial charge in [0.1, 0.15) is 3.42 Å². The molecular formula is C11H21INO2+. The van der Waals surface area contributed by atoms with Crippen molar-refractivity contribution in [3.05, 3.63) is 0 Å². The number of hydrogen-bond acceptors (Lipinski definition) is 2. The summed E-state index contributed by atoms with van der Waals surface area (Å²) in [5, 5.41) is 2.38. The standard InChI is InChI=1S/C11H20INO2/c1-11(2,12)10(14)15-8-6-9-5-3-4-7-13-9/h9,13H,3-8H2,1-2H3/p+1. The molecule has 0 radical (unpaired) electrons. The second kappa shape index (κ2) is 6.03. The summed E-state index contributed by atoms with van der Waals surface area (Å²) in [4.78, 5) is 11.5. The number of carbonyl (C=O) groups excluding carboxylic acids is 1. The first-order chi connectivity index (χ1) is 7.00. The molecule has 0 bridgehead atoms. The van der Waals surface area contributed by atoms with Crippen LogP contribution in [0.4, 0.5) is 0 Å². The Morgan fingerprint density at radius 2 is 2.27 bits per heavy atom. The van der Waals surface area contributed by atoms with E-state index in [1.165, 1.54) is 25.8 Å². The summed E-state index contributed by atoms with van der Waals surface area (Å²) in [6.45, 7) is 5.56. The van der Waals surface area contributed by atoms with Gasteiger partial charge in [-0.1, -0.05) is 22.6 Å². The number of hydrogen-bond donors (Lipinski definition) is 1. The summed E-state index contributed by atoms with van der Waals surface area (Å²) in [6, 6.07) is 0.670. The highest BCUT2D eigenvalue weighted by atomic mass is 127. The molecule has 1 aliphatic rings. The van der Waals surface area contributed by atoms with Crippen LogP contribution in [0.5, 0.6) is 0 Å². The first-order valence-corrected chi connectivity index (χ1v) is 6.77. The first kappa shape index (κ1) is 13.2. The maximum absolute atomic E-state index is 11.5. The maximum atomic E-state index is 11.5. The molecule has 0 spiro atoms. The highest BCUT2D eigenvalue weighted by molar-refractivity contribution is 14.1. The average molecular weight is 326 g/mol. The van der Waals surface area contributed by atoms with Crippen LogP contribution in [-0.4, -0.2) is 28.6 Å². The Morgan fingerprint density at radius 1 is 1.53 bits per heavy atom. The van der Waals surface area contributed by atoms with E-state index in [0.29, 0.717) is 12.6 Å². The van der Waals surface area contributed by atoms with E-state index in [0.717, 1.165) is 6.42 Å². The van der Waals surface area contributed by atoms with E-state index in [4.69, 9.17) is 4.74 Å². The molecule has 1 aliphatic heterocycles. The van der Waals surface area contributed by atoms with Crippen LogP contribution in [0.25, 0.3) is 0 Å². The molecule has 1 saturated heterocycles. The topological polar surface area (TPSA) is 42.9 Å². The van der Waals surface area contributed by atoms with Crippen molar-refractivity contribution in [1.82, 2.24) is 0 Å². The molecule has 0 saturated carbocycles. The van der Waals surface area contributed by atoms with Gasteiger partial charge in [0, 0.05) is 6.42 Å². The lowest BCUT2D eigenvalue weighted by Gasteiger charge is -2.21. The van der Waals surface area contributed by atoms with Gasteiger partial charge in [0.15, 0.2) is 0 Å². The summed E-state index contributed by atoms with van der Waals surface area (Å²) in [6.07, 6.45) is 4.92. The number of halogens is 1. The van der Waals surface area contributed by atoms with Gasteiger partial charge >= 0.3 is 5.97 Å². The molecule has 0 amide bonds. The Bertz CT molecular complexity index is 207. The minimum absolute atomic E-state index is 0.0982. The number of ether oxygens (including phenoxy) is 1. The quantitative estimate of drug-likeness (QED) is 0.480. The van der Waals surface area contributed by atoms with Gasteiger partial charge in [-0.3, -0.25) is 4.79 Å². The highest BCUT2D eigenvalue weighted by Gasteiger charge is 2.25. The summed E-state index contributed by atoms with van der Waals surface area (Å²) in [5.74, 6) is -0.0982. The lowest BCUT2D eigenvalue weighted by Crippen LogP contribution is -2.91. The molecule has 1 unspecified atom stereocenters. The molecule has 0 aliphatic carbocycles. The van der Waals surface area contributed by atoms with Crippen LogP contribution in [0.15, 0.2) is 0 Å². The Balaban J connectivity index is 2.12. The molecule has 0 aromatic carbocycles. The fraction of sp³-hybridized carbons (Fsp3) is 0.909. The molecule has 1 fully saturated rings. The predicted octanol–water partition coefficient (Wildman–Crippen LogP) is 1.25. The predicted molar refractivity (Wildman–Crippen MR) is 68.1 cm³/mol. The number of quaternary nitrogens is 1. The van der Waals surface area contributed by atoms with Crippen molar-refractivity contribution in [2.45, 2.75) is 49.0 Å². The molecule has 1 heterocycles. The van der Waals surface area contributed by atoms with E-state index in [9.17, 15) is 4.79 Å². The molecule has 1 atom stereocenters. The number of piperidine rings is 1. The van der Waals surface area contributed by atoms with Gasteiger partial charge in [-0.25, -0.2) is 0 Å². The van der Waals surface area contributed by atoms with Gasteiger partial charge < -0.3 is 10.1 Å². The Kier molecular flexibility index (Phi) is 5.32. The van der Waals surface area contributed by atoms with Gasteiger partial charge in [-0.2, -0.15) is 0 Å². The van der Waals surface area contributed by atoms with Gasteiger partial charge in [0.25, 0.3) is 0 Å². The molecular weight excluding hydrogens is 305 g/mol. The van der Waals surface area contributed by atoms with Crippen molar-refractivity contribution < 1.29 is 14.8 Å². The first-order valence-electron chi connectivity index (χ1n) is 5.69. The van der Waals surface area contributed by atoms with Crippen molar-refractivity contribution in [3.8, 4) is 0 Å². The highest BCUT2D eigenvalue weighted by Crippen LogP contribution is 2.18. The third-order valence-corrected chi connectivity index (χ3v) is 3.18. The van der Waals surface area contributed by atoms with Gasteiger partial charge in [0.2, 0.25) is 0 Å². The minimum atomic E-state index is -0.395. The monoisotopic (exact) mass is 326 g/mol. The van der Waals surface area contributed by atoms with Crippen LogP contribution in [0.1, 0.15) is 39.5 Å². The minimum Gasteiger partial charge on any atom is -0.464 e. The largest absolute Gasteiger partial charge is 0.464 e. The third kappa shape index (κ3) is 5.15. The second-order valence-corrected chi connectivity index (χ2v) is 7.37. The molecule has 88 valence electrons. The van der Waals surface area contributed by atoms with Gasteiger partial charge in [-0.05, 0) is 33.1 Å². The smallest absolute Gasteiger partial charge is 0.321 e. The Hall–Kier alpha value is 0.160. The van der Waals surface area contributed by atoms with E-state index < -0.39 is 3.42 Å². The molecule has 4 heteroatoms. The zero-order valence-corrected chi connectivity index (χ0v) is 11.7. The Morgan fingerprint density at radius 3 is 2.80 bits per heavy atom. The fourth-order valence-corrected chi connectivity index (χ4v) is 1.91. The van der Waals surface area contributed by atoms with E-state index in [-0.39, 0.29) is 5.97 Å². The fourth-order valence-electron chi connectivity index (χ4n) is 1.76. The molecule has 3 nitrogen and oxygen atoms in total. The molecule has 15 heavy (non-hydrogen) atoms. The van der Waals surface area contributed by atoms with Crippen LogP contribution >= 0.6 is 22.6 Å². The number of esters is 1. The Labute approximate surface area is 105 Å². The summed E-state index contributed by atoms with van der Waals surface area (Å²) >= 11 is 2.11. The van der Waals surface area contributed by atoms with Crippen molar-refractivity contribution in [3.63, 3.8) is 0 Å². The molecule has 1 rings (SSSR count). The van der Waals surface area contributed by atoms with E-state index in [2.05, 4.69) is 27.9 Å². The number of rotatable bonds is 4. The summed E-state index contributed by atoms with van der Waals surface area (Å²) in [7, 11) is 0. The summed E-state index contributed by atoms with van der Waals surface area (Å²) in [5.41, 5.74) is 0. The second-order valence-electron chi connectivity index (χ2n) is 4.68. The van der Waals surface area contributed by atoms with Gasteiger partial charge in [-0.15, -0.1) is 0 Å². The zero-order chi connectivity index (χ0) is 11.3. The zero-order valence-electron chi connectivity index (χ0n) is 9.59. The van der Waals surface area contributed by atoms with Crippen molar-refractivity contribution in [2.24, 2.45) is 0 Å². The van der Waals surface area contributed by atoms with E-state index in [1.807, 2.05) is 13.8 Å². The number of alkyl halides is 1. The van der Waals surface area contributed by atoms with Crippen LogP contribution in [0.2, 0.25) is 0 Å². The van der Waals surface area contributed by atoms with Crippen LogP contribution < -0.4 is 5.32 Å². The van der Waals surface area contributed by atoms with Crippen molar-refractivity contribution in [2.75, 3.05) is 13.2 Å². The van der Waals surface area contributed by atoms with Crippen LogP contribution in [-0.2, 0) is 9.53 Å². The lowest BCUT2D eigenvalue weighted by atomic mass is 10.0. The van der Waals surface area contributed by atoms with Crippen molar-refractivity contribution in [1.29, 1.82) is 0 Å². The van der Waals surface area contributed by atoms with Crippen LogP contribution in [0.3, 0.4) is 0 Å². The van der Waals surface area contributed by atoms with Gasteiger partial charge in [0.05, 0.1) is 19.2 Å². The van der Waals surface area contributed by atoms with Crippen molar-refractivity contribution >= 4 is 28.6 Å². The van der Waals surface area contributed by atoms with Crippen LogP contribution in [0, 0.1) is 0 Å². The molecule has 0 aromatic rings. The number of nitrogens with two attached hydrogens (primary N) is 1. The third-order valence-electron chi connectivity index (χ3n) is 2.74. The van der Waals surface area contributed by atoms with E-state index >= 15 is 0 Å². The SMILES string of the molecule is CC(C)(I)C(=O)OCCC1CCCC[NH2+]1. The maximum Gasteiger partial charge on any atom is 0.321 e. The normalized spacial score (nSPS) is 22.5. The van der Waals surface area contributed by atoms with E-state index in [1.54, 1.807) is 0 Å².